The summed E-state index contributed by atoms with van der Waals surface area (Å²) < 4.78 is 1.27. The molecule has 1 rings (SSSR count). The fourth-order valence-electron chi connectivity index (χ4n) is 0.601. The fraction of sp³-hybridized carbons (Fsp3) is 0. The van der Waals surface area contributed by atoms with Crippen molar-refractivity contribution in [1.29, 1.82) is 0 Å². The first-order chi connectivity index (χ1) is 4.70. The third-order valence-corrected chi connectivity index (χ3v) is 2.63. The third-order valence-electron chi connectivity index (χ3n) is 1.11. The minimum absolute atomic E-state index is 0.387. The first-order valence-electron chi connectivity index (χ1n) is 2.71. The average Bonchev–Trinajstić information content (AvgIpc) is 1.88. The summed E-state index contributed by atoms with van der Waals surface area (Å²) in [5.41, 5.74) is 0.571. The molecular weight excluding hydrogens is 343 g/mol. The van der Waals surface area contributed by atoms with Gasteiger partial charge >= 0.3 is 80.4 Å². The molecular formula is C7H4ClOPb. The van der Waals surface area contributed by atoms with E-state index >= 15 is 0 Å². The fourth-order valence-corrected chi connectivity index (χ4v) is 1.38. The normalized spacial score (nSPS) is 9.40. The second kappa shape index (κ2) is 3.48. The summed E-state index contributed by atoms with van der Waals surface area (Å²) in [4.78, 5) is 10.5. The van der Waals surface area contributed by atoms with Crippen LogP contribution < -0.4 is 3.12 Å². The van der Waals surface area contributed by atoms with Gasteiger partial charge in [-0.2, -0.15) is 0 Å². The zero-order valence-electron chi connectivity index (χ0n) is 5.10. The van der Waals surface area contributed by atoms with E-state index in [0.717, 1.165) is 25.8 Å². The number of halogens is 1. The summed E-state index contributed by atoms with van der Waals surface area (Å²) in [5, 5.41) is -0.387. The Morgan fingerprint density at radius 2 is 1.80 bits per heavy atom. The maximum atomic E-state index is 10.5. The molecule has 0 unspecified atom stereocenters. The van der Waals surface area contributed by atoms with Crippen LogP contribution in [0.2, 0.25) is 0 Å². The topological polar surface area (TPSA) is 17.1 Å². The van der Waals surface area contributed by atoms with Crippen LogP contribution in [0.15, 0.2) is 24.3 Å². The van der Waals surface area contributed by atoms with Crippen molar-refractivity contribution in [2.75, 3.05) is 0 Å². The molecule has 0 heterocycles. The van der Waals surface area contributed by atoms with Crippen molar-refractivity contribution >= 4 is 45.7 Å². The van der Waals surface area contributed by atoms with E-state index in [4.69, 9.17) is 11.6 Å². The molecule has 10 heavy (non-hydrogen) atoms. The summed E-state index contributed by atoms with van der Waals surface area (Å²) >= 11 is 6.24. The van der Waals surface area contributed by atoms with E-state index in [-0.39, 0.29) is 5.24 Å². The van der Waals surface area contributed by atoms with E-state index < -0.39 is 0 Å². The monoisotopic (exact) mass is 347 g/mol. The molecule has 0 spiro atoms. The molecule has 1 nitrogen and oxygen atoms in total. The van der Waals surface area contributed by atoms with E-state index in [1.54, 1.807) is 12.1 Å². The van der Waals surface area contributed by atoms with Crippen molar-refractivity contribution in [2.45, 2.75) is 0 Å². The van der Waals surface area contributed by atoms with Crippen LogP contribution in [0, 0.1) is 0 Å². The molecule has 3 radical (unpaired) electrons. The minimum atomic E-state index is -0.387. The van der Waals surface area contributed by atoms with Crippen LogP contribution in [0.3, 0.4) is 0 Å². The van der Waals surface area contributed by atoms with Gasteiger partial charge < -0.3 is 0 Å². The predicted molar refractivity (Wildman–Crippen MR) is 42.0 cm³/mol. The average molecular weight is 347 g/mol. The van der Waals surface area contributed by atoms with Crippen LogP contribution in [-0.4, -0.2) is 31.0 Å². The number of hydrogen-bond acceptors (Lipinski definition) is 1. The number of carbonyl (C=O) groups excluding carboxylic acids is 1. The molecule has 0 aliphatic rings. The van der Waals surface area contributed by atoms with Crippen LogP contribution in [-0.2, 0) is 0 Å². The molecule has 0 saturated heterocycles. The molecule has 0 atom stereocenters. The Morgan fingerprint density at radius 1 is 1.30 bits per heavy atom. The molecule has 0 N–H and O–H groups in total. The Hall–Kier alpha value is 0.102. The zero-order chi connectivity index (χ0) is 7.56. The van der Waals surface area contributed by atoms with Gasteiger partial charge in [-0.3, -0.25) is 0 Å². The van der Waals surface area contributed by atoms with Gasteiger partial charge in [-0.1, -0.05) is 0 Å². The quantitative estimate of drug-likeness (QED) is 0.544. The van der Waals surface area contributed by atoms with E-state index in [0.29, 0.717) is 5.56 Å². The van der Waals surface area contributed by atoms with Gasteiger partial charge in [0, 0.05) is 0 Å². The van der Waals surface area contributed by atoms with Gasteiger partial charge in [0.1, 0.15) is 0 Å². The molecule has 49 valence electrons. The van der Waals surface area contributed by atoms with Gasteiger partial charge in [0.25, 0.3) is 0 Å². The second-order valence-electron chi connectivity index (χ2n) is 1.85. The second-order valence-corrected chi connectivity index (χ2v) is 4.44. The van der Waals surface area contributed by atoms with Crippen LogP contribution in [0.5, 0.6) is 0 Å². The molecule has 0 amide bonds. The maximum absolute atomic E-state index is 10.5. The molecule has 0 aromatic heterocycles. The first kappa shape index (κ1) is 8.20. The van der Waals surface area contributed by atoms with Gasteiger partial charge in [0.15, 0.2) is 0 Å². The Bertz CT molecular complexity index is 242. The summed E-state index contributed by atoms with van der Waals surface area (Å²) in [6, 6.07) is 7.33. The molecule has 0 fully saturated rings. The van der Waals surface area contributed by atoms with Crippen molar-refractivity contribution in [3.05, 3.63) is 29.8 Å². The number of carbonyl (C=O) groups is 1. The summed E-state index contributed by atoms with van der Waals surface area (Å²) in [5.74, 6) is 0. The van der Waals surface area contributed by atoms with Crippen molar-refractivity contribution < 1.29 is 4.79 Å². The molecule has 1 aromatic carbocycles. The summed E-state index contributed by atoms with van der Waals surface area (Å²) in [7, 11) is 0. The van der Waals surface area contributed by atoms with Crippen molar-refractivity contribution in [3.8, 4) is 0 Å². The zero-order valence-corrected chi connectivity index (χ0v) is 9.74. The SMILES string of the molecule is O=C(Cl)c1cc[c]([Pb])cc1. The number of rotatable bonds is 1. The van der Waals surface area contributed by atoms with E-state index in [1.165, 1.54) is 3.12 Å². The number of benzene rings is 1. The Balaban J connectivity index is 3.00. The number of hydrogen-bond donors (Lipinski definition) is 0. The van der Waals surface area contributed by atoms with Gasteiger partial charge in [0.2, 0.25) is 0 Å². The van der Waals surface area contributed by atoms with Crippen molar-refractivity contribution in [2.24, 2.45) is 0 Å². The molecule has 0 saturated carbocycles. The Kier molecular flexibility index (Phi) is 2.85. The van der Waals surface area contributed by atoms with Crippen LogP contribution in [0.25, 0.3) is 0 Å². The van der Waals surface area contributed by atoms with Crippen LogP contribution in [0.4, 0.5) is 0 Å². The van der Waals surface area contributed by atoms with Gasteiger partial charge in [0.05, 0.1) is 0 Å². The summed E-state index contributed by atoms with van der Waals surface area (Å²) in [6.45, 7) is 0. The van der Waals surface area contributed by atoms with Crippen LogP contribution >= 0.6 is 11.6 Å². The third kappa shape index (κ3) is 2.05. The molecule has 0 aliphatic heterocycles. The standard InChI is InChI=1S/C7H4ClO.Pb/c8-7(9)6-4-2-1-3-5-6;/h2-5H;. The molecule has 3 heteroatoms. The molecule has 0 aliphatic carbocycles. The summed E-state index contributed by atoms with van der Waals surface area (Å²) in [6.07, 6.45) is 0. The van der Waals surface area contributed by atoms with Gasteiger partial charge in [-0.05, 0) is 0 Å². The van der Waals surface area contributed by atoms with E-state index in [1.807, 2.05) is 12.1 Å². The van der Waals surface area contributed by atoms with Crippen LogP contribution in [0.1, 0.15) is 10.4 Å². The first-order valence-corrected chi connectivity index (χ1v) is 5.04. The van der Waals surface area contributed by atoms with E-state index in [2.05, 4.69) is 0 Å². The Labute approximate surface area is 80.1 Å². The van der Waals surface area contributed by atoms with Crippen molar-refractivity contribution in [3.63, 3.8) is 0 Å². The van der Waals surface area contributed by atoms with Gasteiger partial charge in [-0.15, -0.1) is 0 Å². The van der Waals surface area contributed by atoms with Crippen molar-refractivity contribution in [1.82, 2.24) is 0 Å². The molecule has 0 bridgehead atoms. The van der Waals surface area contributed by atoms with E-state index in [9.17, 15) is 4.79 Å². The van der Waals surface area contributed by atoms with Gasteiger partial charge in [-0.25, -0.2) is 0 Å². The molecule has 1 aromatic rings. The predicted octanol–water partition coefficient (Wildman–Crippen LogP) is 0.859. The Morgan fingerprint density at radius 3 is 2.20 bits per heavy atom.